The second kappa shape index (κ2) is 6.72. The molecule has 0 aliphatic heterocycles. The van der Waals surface area contributed by atoms with Crippen LogP contribution in [0.3, 0.4) is 0 Å². The summed E-state index contributed by atoms with van der Waals surface area (Å²) < 4.78 is 39.3. The second-order valence-electron chi connectivity index (χ2n) is 4.33. The van der Waals surface area contributed by atoms with Crippen LogP contribution in [0.25, 0.3) is 0 Å². The molecule has 0 saturated heterocycles. The molecule has 2 rings (SSSR count). The Labute approximate surface area is 123 Å². The number of aliphatic hydroxyl groups excluding tert-OH is 1. The van der Waals surface area contributed by atoms with Gasteiger partial charge >= 0.3 is 0 Å². The zero-order chi connectivity index (χ0) is 15.4. The number of thiophene rings is 1. The molecule has 1 atom stereocenters. The Bertz CT molecular complexity index is 658. The van der Waals surface area contributed by atoms with Crippen LogP contribution in [0.15, 0.2) is 23.6 Å². The molecular weight excluding hydrogens is 301 g/mol. The molecule has 0 aliphatic carbocycles. The van der Waals surface area contributed by atoms with Gasteiger partial charge in [-0.1, -0.05) is 0 Å². The molecule has 0 amide bonds. The largest absolute Gasteiger partial charge is 0.394 e. The molecule has 3 nitrogen and oxygen atoms in total. The highest BCUT2D eigenvalue weighted by atomic mass is 32.1. The summed E-state index contributed by atoms with van der Waals surface area (Å²) >= 11 is 1.36. The number of hydrogen-bond donors (Lipinski definition) is 2. The summed E-state index contributed by atoms with van der Waals surface area (Å²) in [6.45, 7) is -0.0841. The number of halogens is 3. The molecule has 110 valence electrons. The van der Waals surface area contributed by atoms with Gasteiger partial charge in [0, 0.05) is 16.8 Å². The van der Waals surface area contributed by atoms with E-state index in [-0.39, 0.29) is 5.56 Å². The fraction of sp³-hybridized carbons (Fsp3) is 0.214. The van der Waals surface area contributed by atoms with E-state index in [4.69, 9.17) is 5.26 Å². The zero-order valence-electron chi connectivity index (χ0n) is 10.7. The van der Waals surface area contributed by atoms with Crippen LogP contribution in [0.5, 0.6) is 0 Å². The summed E-state index contributed by atoms with van der Waals surface area (Å²) in [6.07, 6.45) is 0. The smallest absolute Gasteiger partial charge is 0.194 e. The fourth-order valence-corrected chi connectivity index (χ4v) is 2.58. The van der Waals surface area contributed by atoms with Gasteiger partial charge in [-0.25, -0.2) is 13.2 Å². The van der Waals surface area contributed by atoms with Crippen molar-refractivity contribution in [1.82, 2.24) is 5.32 Å². The maximum absolute atomic E-state index is 13.2. The van der Waals surface area contributed by atoms with E-state index >= 15 is 0 Å². The average molecular weight is 312 g/mol. The summed E-state index contributed by atoms with van der Waals surface area (Å²) in [5.74, 6) is -4.13. The quantitative estimate of drug-likeness (QED) is 0.835. The Morgan fingerprint density at radius 1 is 1.24 bits per heavy atom. The number of aliphatic hydroxyl groups is 1. The van der Waals surface area contributed by atoms with E-state index in [2.05, 4.69) is 5.32 Å². The lowest BCUT2D eigenvalue weighted by Crippen LogP contribution is -2.24. The van der Waals surface area contributed by atoms with Gasteiger partial charge in [0.25, 0.3) is 0 Å². The molecule has 1 aromatic carbocycles. The van der Waals surface area contributed by atoms with Crippen LogP contribution >= 0.6 is 11.3 Å². The van der Waals surface area contributed by atoms with Gasteiger partial charge in [0.1, 0.15) is 6.07 Å². The molecule has 2 N–H and O–H groups in total. The van der Waals surface area contributed by atoms with E-state index in [0.29, 0.717) is 12.1 Å². The minimum atomic E-state index is -1.53. The number of nitriles is 1. The molecule has 1 unspecified atom stereocenters. The van der Waals surface area contributed by atoms with Gasteiger partial charge in [0.15, 0.2) is 17.5 Å². The predicted octanol–water partition coefficient (Wildman–Crippen LogP) is 2.86. The zero-order valence-corrected chi connectivity index (χ0v) is 11.6. The second-order valence-corrected chi connectivity index (χ2v) is 5.32. The lowest BCUT2D eigenvalue weighted by molar-refractivity contribution is 0.243. The normalized spacial score (nSPS) is 12.1. The molecule has 21 heavy (non-hydrogen) atoms. The highest BCUT2D eigenvalue weighted by Crippen LogP contribution is 2.21. The van der Waals surface area contributed by atoms with Gasteiger partial charge < -0.3 is 10.4 Å². The van der Waals surface area contributed by atoms with Crippen molar-refractivity contribution in [1.29, 1.82) is 5.26 Å². The first-order valence-electron chi connectivity index (χ1n) is 6.01. The van der Waals surface area contributed by atoms with Gasteiger partial charge in [-0.3, -0.25) is 0 Å². The van der Waals surface area contributed by atoms with Crippen molar-refractivity contribution in [2.24, 2.45) is 0 Å². The third kappa shape index (κ3) is 3.61. The first kappa shape index (κ1) is 15.5. The van der Waals surface area contributed by atoms with Crippen LogP contribution in [0.4, 0.5) is 13.2 Å². The van der Waals surface area contributed by atoms with E-state index in [1.54, 1.807) is 11.4 Å². The molecule has 0 spiro atoms. The molecule has 0 fully saturated rings. The Morgan fingerprint density at radius 3 is 2.43 bits per heavy atom. The van der Waals surface area contributed by atoms with Crippen LogP contribution in [-0.2, 0) is 6.54 Å². The molecule has 7 heteroatoms. The summed E-state index contributed by atoms with van der Waals surface area (Å²) in [5, 5.41) is 22.6. The van der Waals surface area contributed by atoms with Crippen LogP contribution < -0.4 is 5.32 Å². The molecule has 0 aliphatic rings. The molecule has 0 saturated carbocycles. The highest BCUT2D eigenvalue weighted by Gasteiger charge is 2.17. The molecule has 0 radical (unpaired) electrons. The summed E-state index contributed by atoms with van der Waals surface area (Å²) in [7, 11) is 0. The van der Waals surface area contributed by atoms with Gasteiger partial charge in [-0.2, -0.15) is 5.26 Å². The predicted molar refractivity (Wildman–Crippen MR) is 72.0 cm³/mol. The molecule has 0 bridgehead atoms. The molecule has 2 aromatic rings. The van der Waals surface area contributed by atoms with Crippen molar-refractivity contribution >= 4 is 11.3 Å². The van der Waals surface area contributed by atoms with Crippen LogP contribution in [-0.4, -0.2) is 11.7 Å². The summed E-state index contributed by atoms with van der Waals surface area (Å²) in [6, 6.07) is 4.64. The van der Waals surface area contributed by atoms with Crippen LogP contribution in [0.2, 0.25) is 0 Å². The fourth-order valence-electron chi connectivity index (χ4n) is 1.82. The van der Waals surface area contributed by atoms with Gasteiger partial charge in [-0.05, 0) is 23.8 Å². The molecular formula is C14H11F3N2OS. The Hall–Kier alpha value is -1.88. The SMILES string of the molecule is N#Cc1csc(CNC(CO)c2cc(F)c(F)c(F)c2)c1. The Morgan fingerprint density at radius 2 is 1.90 bits per heavy atom. The maximum atomic E-state index is 13.2. The number of nitrogens with one attached hydrogen (secondary N) is 1. The van der Waals surface area contributed by atoms with Crippen molar-refractivity contribution in [3.63, 3.8) is 0 Å². The van der Waals surface area contributed by atoms with E-state index in [1.165, 1.54) is 11.3 Å². The number of nitrogens with zero attached hydrogens (tertiary/aromatic N) is 1. The van der Waals surface area contributed by atoms with Crippen molar-refractivity contribution in [3.8, 4) is 6.07 Å². The standard InChI is InChI=1S/C14H11F3N2OS/c15-11-2-9(3-12(16)14(11)17)13(6-20)19-5-10-1-8(4-18)7-21-10/h1-3,7,13,19-20H,5-6H2. The Kier molecular flexibility index (Phi) is 4.96. The first-order chi connectivity index (χ1) is 10.0. The van der Waals surface area contributed by atoms with Crippen molar-refractivity contribution in [2.75, 3.05) is 6.61 Å². The van der Waals surface area contributed by atoms with Crippen molar-refractivity contribution in [2.45, 2.75) is 12.6 Å². The van der Waals surface area contributed by atoms with E-state index in [1.807, 2.05) is 6.07 Å². The van der Waals surface area contributed by atoms with Crippen LogP contribution in [0.1, 0.15) is 22.0 Å². The highest BCUT2D eigenvalue weighted by molar-refractivity contribution is 7.10. The average Bonchev–Trinajstić information content (AvgIpc) is 2.93. The van der Waals surface area contributed by atoms with E-state index in [0.717, 1.165) is 17.0 Å². The maximum Gasteiger partial charge on any atom is 0.194 e. The minimum Gasteiger partial charge on any atom is -0.394 e. The van der Waals surface area contributed by atoms with Crippen LogP contribution in [0, 0.1) is 28.8 Å². The lowest BCUT2D eigenvalue weighted by atomic mass is 10.1. The van der Waals surface area contributed by atoms with E-state index in [9.17, 15) is 18.3 Å². The summed E-state index contributed by atoms with van der Waals surface area (Å²) in [4.78, 5) is 0.841. The van der Waals surface area contributed by atoms with Gasteiger partial charge in [0.05, 0.1) is 18.2 Å². The third-order valence-electron chi connectivity index (χ3n) is 2.90. The minimum absolute atomic E-state index is 0.117. The van der Waals surface area contributed by atoms with Crippen molar-refractivity contribution in [3.05, 3.63) is 57.0 Å². The topological polar surface area (TPSA) is 56.0 Å². The van der Waals surface area contributed by atoms with Crippen molar-refractivity contribution < 1.29 is 18.3 Å². The van der Waals surface area contributed by atoms with Gasteiger partial charge in [0.2, 0.25) is 0 Å². The first-order valence-corrected chi connectivity index (χ1v) is 6.89. The lowest BCUT2D eigenvalue weighted by Gasteiger charge is -2.16. The number of hydrogen-bond acceptors (Lipinski definition) is 4. The molecule has 1 aromatic heterocycles. The number of benzene rings is 1. The number of rotatable bonds is 5. The van der Waals surface area contributed by atoms with Gasteiger partial charge in [-0.15, -0.1) is 11.3 Å². The van der Waals surface area contributed by atoms with E-state index < -0.39 is 30.1 Å². The third-order valence-corrected chi connectivity index (χ3v) is 3.83. The summed E-state index contributed by atoms with van der Waals surface area (Å²) in [5.41, 5.74) is 0.641. The Balaban J connectivity index is 2.11. The molecule has 1 heterocycles. The monoisotopic (exact) mass is 312 g/mol.